The predicted octanol–water partition coefficient (Wildman–Crippen LogP) is 8.39. The SMILES string of the molecule is CCCCCCc1ccc(CCc2ccc(-c3ccc(CCCCC)cc3)nc2)cc1. The van der Waals surface area contributed by atoms with Gasteiger partial charge in [0, 0.05) is 11.8 Å². The zero-order valence-corrected chi connectivity index (χ0v) is 19.6. The molecule has 0 atom stereocenters. The number of pyridine rings is 1. The Morgan fingerprint density at radius 3 is 1.55 bits per heavy atom. The highest BCUT2D eigenvalue weighted by atomic mass is 14.7. The van der Waals surface area contributed by atoms with Gasteiger partial charge in [-0.3, -0.25) is 4.98 Å². The van der Waals surface area contributed by atoms with Gasteiger partial charge in [-0.05, 0) is 66.8 Å². The lowest BCUT2D eigenvalue weighted by molar-refractivity contribution is 0.667. The van der Waals surface area contributed by atoms with Crippen molar-refractivity contribution in [2.24, 2.45) is 0 Å². The van der Waals surface area contributed by atoms with Crippen molar-refractivity contribution in [3.63, 3.8) is 0 Å². The van der Waals surface area contributed by atoms with Crippen LogP contribution < -0.4 is 0 Å². The summed E-state index contributed by atoms with van der Waals surface area (Å²) in [5.41, 5.74) is 7.91. The van der Waals surface area contributed by atoms with Crippen LogP contribution in [0.15, 0.2) is 66.9 Å². The van der Waals surface area contributed by atoms with Crippen LogP contribution in [0.3, 0.4) is 0 Å². The van der Waals surface area contributed by atoms with Gasteiger partial charge in [0.1, 0.15) is 0 Å². The second-order valence-electron chi connectivity index (χ2n) is 8.83. The van der Waals surface area contributed by atoms with Crippen molar-refractivity contribution in [3.8, 4) is 11.3 Å². The Labute approximate surface area is 190 Å². The molecule has 31 heavy (non-hydrogen) atoms. The zero-order chi connectivity index (χ0) is 21.7. The molecule has 0 aliphatic rings. The van der Waals surface area contributed by atoms with E-state index in [0.717, 1.165) is 18.5 Å². The van der Waals surface area contributed by atoms with E-state index in [4.69, 9.17) is 4.98 Å². The first-order valence-electron chi connectivity index (χ1n) is 12.4. The molecule has 2 aromatic carbocycles. The molecule has 0 saturated carbocycles. The van der Waals surface area contributed by atoms with Gasteiger partial charge in [-0.25, -0.2) is 0 Å². The molecule has 0 radical (unpaired) electrons. The van der Waals surface area contributed by atoms with Crippen LogP contribution in [0.1, 0.15) is 81.0 Å². The van der Waals surface area contributed by atoms with E-state index in [-0.39, 0.29) is 0 Å². The predicted molar refractivity (Wildman–Crippen MR) is 135 cm³/mol. The van der Waals surface area contributed by atoms with Crippen LogP contribution in [0.25, 0.3) is 11.3 Å². The fraction of sp³-hybridized carbons (Fsp3) is 0.433. The van der Waals surface area contributed by atoms with Gasteiger partial charge in [-0.1, -0.05) is 101 Å². The molecule has 0 aliphatic carbocycles. The van der Waals surface area contributed by atoms with E-state index in [1.165, 1.54) is 85.6 Å². The summed E-state index contributed by atoms with van der Waals surface area (Å²) in [6.07, 6.45) is 15.8. The van der Waals surface area contributed by atoms with E-state index in [2.05, 4.69) is 74.5 Å². The van der Waals surface area contributed by atoms with Crippen molar-refractivity contribution >= 4 is 0 Å². The first-order valence-corrected chi connectivity index (χ1v) is 12.4. The Hall–Kier alpha value is -2.41. The average Bonchev–Trinajstić information content (AvgIpc) is 2.82. The van der Waals surface area contributed by atoms with Crippen molar-refractivity contribution < 1.29 is 0 Å². The zero-order valence-electron chi connectivity index (χ0n) is 19.6. The summed E-state index contributed by atoms with van der Waals surface area (Å²) in [6, 6.07) is 22.6. The van der Waals surface area contributed by atoms with Gasteiger partial charge in [0.25, 0.3) is 0 Å². The van der Waals surface area contributed by atoms with Gasteiger partial charge in [-0.2, -0.15) is 0 Å². The molecule has 0 aliphatic heterocycles. The van der Waals surface area contributed by atoms with Crippen LogP contribution >= 0.6 is 0 Å². The van der Waals surface area contributed by atoms with Gasteiger partial charge in [-0.15, -0.1) is 0 Å². The molecule has 1 heteroatoms. The maximum atomic E-state index is 4.73. The van der Waals surface area contributed by atoms with Gasteiger partial charge in [0.05, 0.1) is 5.69 Å². The van der Waals surface area contributed by atoms with Gasteiger partial charge in [0.15, 0.2) is 0 Å². The fourth-order valence-corrected chi connectivity index (χ4v) is 4.08. The highest BCUT2D eigenvalue weighted by Crippen LogP contribution is 2.19. The molecule has 0 unspecified atom stereocenters. The van der Waals surface area contributed by atoms with Gasteiger partial charge in [0.2, 0.25) is 0 Å². The molecule has 0 amide bonds. The molecular formula is C30H39N. The molecule has 1 aromatic heterocycles. The van der Waals surface area contributed by atoms with Crippen LogP contribution in [-0.2, 0) is 25.7 Å². The summed E-state index contributed by atoms with van der Waals surface area (Å²) in [5.74, 6) is 0. The third-order valence-electron chi connectivity index (χ3n) is 6.19. The van der Waals surface area contributed by atoms with Gasteiger partial charge >= 0.3 is 0 Å². The van der Waals surface area contributed by atoms with Crippen LogP contribution in [0.2, 0.25) is 0 Å². The van der Waals surface area contributed by atoms with Gasteiger partial charge < -0.3 is 0 Å². The first-order chi connectivity index (χ1) is 15.3. The Morgan fingerprint density at radius 2 is 0.968 bits per heavy atom. The van der Waals surface area contributed by atoms with E-state index in [0.29, 0.717) is 0 Å². The third-order valence-corrected chi connectivity index (χ3v) is 6.19. The maximum absolute atomic E-state index is 4.73. The van der Waals surface area contributed by atoms with Crippen LogP contribution in [0, 0.1) is 0 Å². The summed E-state index contributed by atoms with van der Waals surface area (Å²) < 4.78 is 0. The number of aromatic nitrogens is 1. The number of aryl methyl sites for hydroxylation is 4. The fourth-order valence-electron chi connectivity index (χ4n) is 4.08. The van der Waals surface area contributed by atoms with E-state index in [9.17, 15) is 0 Å². The standard InChI is InChI=1S/C30H39N/c1-3-5-7-9-11-25-12-14-27(15-13-25)16-17-28-20-23-30(31-24-28)29-21-18-26(19-22-29)10-8-6-4-2/h12-15,18-24H,3-11,16-17H2,1-2H3. The Balaban J connectivity index is 1.47. The van der Waals surface area contributed by atoms with E-state index >= 15 is 0 Å². The monoisotopic (exact) mass is 413 g/mol. The summed E-state index contributed by atoms with van der Waals surface area (Å²) >= 11 is 0. The highest BCUT2D eigenvalue weighted by Gasteiger charge is 2.02. The smallest absolute Gasteiger partial charge is 0.0702 e. The van der Waals surface area contributed by atoms with Crippen molar-refractivity contribution in [1.82, 2.24) is 4.98 Å². The Kier molecular flexibility index (Phi) is 9.83. The van der Waals surface area contributed by atoms with Crippen molar-refractivity contribution in [2.75, 3.05) is 0 Å². The van der Waals surface area contributed by atoms with Crippen molar-refractivity contribution in [1.29, 1.82) is 0 Å². The number of hydrogen-bond acceptors (Lipinski definition) is 1. The lowest BCUT2D eigenvalue weighted by atomic mass is 10.0. The summed E-state index contributed by atoms with van der Waals surface area (Å²) in [4.78, 5) is 4.73. The lowest BCUT2D eigenvalue weighted by Crippen LogP contribution is -1.94. The lowest BCUT2D eigenvalue weighted by Gasteiger charge is -2.07. The first kappa shape index (κ1) is 23.3. The van der Waals surface area contributed by atoms with Crippen LogP contribution in [-0.4, -0.2) is 4.98 Å². The molecule has 1 nitrogen and oxygen atoms in total. The molecule has 164 valence electrons. The molecule has 0 bridgehead atoms. The topological polar surface area (TPSA) is 12.9 Å². The minimum atomic E-state index is 1.04. The number of hydrogen-bond donors (Lipinski definition) is 0. The molecule has 0 fully saturated rings. The molecular weight excluding hydrogens is 374 g/mol. The number of nitrogens with zero attached hydrogens (tertiary/aromatic N) is 1. The van der Waals surface area contributed by atoms with Crippen LogP contribution in [0.4, 0.5) is 0 Å². The number of rotatable bonds is 13. The summed E-state index contributed by atoms with van der Waals surface area (Å²) in [7, 11) is 0. The summed E-state index contributed by atoms with van der Waals surface area (Å²) in [6.45, 7) is 4.52. The Bertz CT molecular complexity index is 860. The molecule has 0 spiro atoms. The van der Waals surface area contributed by atoms with Crippen LogP contribution in [0.5, 0.6) is 0 Å². The number of unbranched alkanes of at least 4 members (excludes halogenated alkanes) is 5. The average molecular weight is 414 g/mol. The molecule has 1 heterocycles. The molecule has 0 N–H and O–H groups in total. The normalized spacial score (nSPS) is 11.0. The second kappa shape index (κ2) is 13.1. The quantitative estimate of drug-likeness (QED) is 0.256. The molecule has 3 rings (SSSR count). The Morgan fingerprint density at radius 1 is 0.484 bits per heavy atom. The minimum Gasteiger partial charge on any atom is -0.256 e. The van der Waals surface area contributed by atoms with E-state index in [1.807, 2.05) is 6.20 Å². The maximum Gasteiger partial charge on any atom is 0.0702 e. The second-order valence-corrected chi connectivity index (χ2v) is 8.83. The van der Waals surface area contributed by atoms with E-state index < -0.39 is 0 Å². The third kappa shape index (κ3) is 7.98. The molecule has 0 saturated heterocycles. The largest absolute Gasteiger partial charge is 0.256 e. The van der Waals surface area contributed by atoms with Crippen molar-refractivity contribution in [3.05, 3.63) is 89.1 Å². The van der Waals surface area contributed by atoms with E-state index in [1.54, 1.807) is 0 Å². The van der Waals surface area contributed by atoms with Crippen molar-refractivity contribution in [2.45, 2.75) is 84.5 Å². The number of benzene rings is 2. The minimum absolute atomic E-state index is 1.04. The molecule has 3 aromatic rings. The highest BCUT2D eigenvalue weighted by molar-refractivity contribution is 5.59. The summed E-state index contributed by atoms with van der Waals surface area (Å²) in [5, 5.41) is 0.